The van der Waals surface area contributed by atoms with Crippen LogP contribution in [0.5, 0.6) is 5.75 Å². The molecule has 17 heavy (non-hydrogen) atoms. The number of rotatable bonds is 3. The Bertz CT molecular complexity index is 421. The Morgan fingerprint density at radius 3 is 2.76 bits per heavy atom. The molecule has 0 saturated carbocycles. The van der Waals surface area contributed by atoms with Crippen LogP contribution in [0.2, 0.25) is 0 Å². The highest BCUT2D eigenvalue weighted by Gasteiger charge is 2.20. The molecule has 1 aromatic heterocycles. The van der Waals surface area contributed by atoms with Crippen molar-refractivity contribution in [2.75, 3.05) is 13.2 Å². The van der Waals surface area contributed by atoms with Gasteiger partial charge < -0.3 is 19.6 Å². The van der Waals surface area contributed by atoms with Gasteiger partial charge in [0.2, 0.25) is 0 Å². The Morgan fingerprint density at radius 1 is 1.47 bits per heavy atom. The molecule has 1 fully saturated rings. The molecule has 0 atom stereocenters. The van der Waals surface area contributed by atoms with Crippen molar-refractivity contribution in [3.8, 4) is 5.75 Å². The van der Waals surface area contributed by atoms with Crippen molar-refractivity contribution >= 4 is 21.7 Å². The highest BCUT2D eigenvalue weighted by atomic mass is 79.9. The quantitative estimate of drug-likeness (QED) is 0.486. The number of pyridine rings is 1. The molecule has 1 aromatic rings. The van der Waals surface area contributed by atoms with Gasteiger partial charge in [-0.1, -0.05) is 0 Å². The summed E-state index contributed by atoms with van der Waals surface area (Å²) in [7, 11) is 0. The predicted molar refractivity (Wildman–Crippen MR) is 63.1 cm³/mol. The van der Waals surface area contributed by atoms with Crippen LogP contribution in [-0.2, 0) is 4.74 Å². The number of halogens is 1. The molecule has 0 spiro atoms. The third-order valence-corrected chi connectivity index (χ3v) is 3.02. The van der Waals surface area contributed by atoms with Crippen LogP contribution in [-0.4, -0.2) is 29.2 Å². The third kappa shape index (κ3) is 3.13. The second-order valence-corrected chi connectivity index (χ2v) is 4.40. The van der Waals surface area contributed by atoms with Gasteiger partial charge in [-0.15, -0.1) is 0 Å². The van der Waals surface area contributed by atoms with E-state index < -0.39 is 4.92 Å². The van der Waals surface area contributed by atoms with Crippen LogP contribution in [0.4, 0.5) is 5.82 Å². The van der Waals surface area contributed by atoms with Crippen LogP contribution in [0.15, 0.2) is 16.7 Å². The van der Waals surface area contributed by atoms with Crippen LogP contribution >= 0.6 is 15.9 Å². The first-order valence-corrected chi connectivity index (χ1v) is 6.01. The Hall–Kier alpha value is -1.21. The zero-order valence-electron chi connectivity index (χ0n) is 8.97. The fourth-order valence-corrected chi connectivity index (χ4v) is 1.98. The normalized spacial score (nSPS) is 16.8. The summed E-state index contributed by atoms with van der Waals surface area (Å²) in [6, 6.07) is 2.89. The molecule has 2 heterocycles. The van der Waals surface area contributed by atoms with Crippen LogP contribution < -0.4 is 4.74 Å². The van der Waals surface area contributed by atoms with E-state index in [1.165, 1.54) is 6.07 Å². The van der Waals surface area contributed by atoms with Gasteiger partial charge >= 0.3 is 5.82 Å². The average Bonchev–Trinajstić information content (AvgIpc) is 2.33. The first kappa shape index (κ1) is 12.3. The van der Waals surface area contributed by atoms with Crippen molar-refractivity contribution in [2.24, 2.45) is 0 Å². The van der Waals surface area contributed by atoms with Gasteiger partial charge in [-0.3, -0.25) is 0 Å². The number of nitro groups is 1. The molecular formula is C10H11BrN2O4. The fraction of sp³-hybridized carbons (Fsp3) is 0.500. The van der Waals surface area contributed by atoms with Gasteiger partial charge in [0.25, 0.3) is 4.60 Å². The minimum atomic E-state index is -0.539. The van der Waals surface area contributed by atoms with Gasteiger partial charge in [-0.2, -0.15) is 0 Å². The lowest BCUT2D eigenvalue weighted by atomic mass is 10.1. The molecule has 1 aliphatic heterocycles. The van der Waals surface area contributed by atoms with Gasteiger partial charge in [0.05, 0.1) is 13.2 Å². The summed E-state index contributed by atoms with van der Waals surface area (Å²) >= 11 is 3.17. The molecule has 0 amide bonds. The van der Waals surface area contributed by atoms with E-state index in [-0.39, 0.29) is 11.9 Å². The average molecular weight is 303 g/mol. The van der Waals surface area contributed by atoms with Crippen molar-refractivity contribution in [3.63, 3.8) is 0 Å². The lowest BCUT2D eigenvalue weighted by Gasteiger charge is -2.22. The zero-order valence-corrected chi connectivity index (χ0v) is 10.6. The molecule has 0 unspecified atom stereocenters. The van der Waals surface area contributed by atoms with E-state index in [1.807, 2.05) is 0 Å². The molecule has 0 aliphatic carbocycles. The molecule has 0 aromatic carbocycles. The van der Waals surface area contributed by atoms with Gasteiger partial charge in [0.15, 0.2) is 5.75 Å². The molecule has 1 saturated heterocycles. The van der Waals surface area contributed by atoms with Crippen molar-refractivity contribution in [1.29, 1.82) is 0 Å². The highest BCUT2D eigenvalue weighted by molar-refractivity contribution is 9.10. The minimum Gasteiger partial charge on any atom is -0.485 e. The standard InChI is InChI=1S/C10H11BrN2O4/c11-10-8(1-2-9(12-10)13(14)15)17-7-3-5-16-6-4-7/h1-2,7H,3-6H2. The molecule has 0 bridgehead atoms. The minimum absolute atomic E-state index is 0.0864. The topological polar surface area (TPSA) is 74.5 Å². The maximum atomic E-state index is 10.5. The maximum absolute atomic E-state index is 10.5. The van der Waals surface area contributed by atoms with Crippen LogP contribution in [0.25, 0.3) is 0 Å². The highest BCUT2D eigenvalue weighted by Crippen LogP contribution is 2.27. The number of ether oxygens (including phenoxy) is 2. The molecule has 0 N–H and O–H groups in total. The van der Waals surface area contributed by atoms with E-state index in [0.29, 0.717) is 23.6 Å². The van der Waals surface area contributed by atoms with Gasteiger partial charge in [0, 0.05) is 34.8 Å². The van der Waals surface area contributed by atoms with Crippen LogP contribution in [0, 0.1) is 10.1 Å². The maximum Gasteiger partial charge on any atom is 0.364 e. The third-order valence-electron chi connectivity index (χ3n) is 2.45. The number of aromatic nitrogens is 1. The van der Waals surface area contributed by atoms with E-state index in [9.17, 15) is 10.1 Å². The van der Waals surface area contributed by atoms with E-state index in [2.05, 4.69) is 20.9 Å². The number of hydrogen-bond acceptors (Lipinski definition) is 5. The summed E-state index contributed by atoms with van der Waals surface area (Å²) in [6.07, 6.45) is 1.73. The van der Waals surface area contributed by atoms with Crippen molar-refractivity contribution in [1.82, 2.24) is 4.98 Å². The molecule has 6 nitrogen and oxygen atoms in total. The van der Waals surface area contributed by atoms with Crippen LogP contribution in [0.1, 0.15) is 12.8 Å². The Kier molecular flexibility index (Phi) is 3.90. The summed E-state index contributed by atoms with van der Waals surface area (Å²) in [5.41, 5.74) is 0. The largest absolute Gasteiger partial charge is 0.485 e. The number of hydrogen-bond donors (Lipinski definition) is 0. The SMILES string of the molecule is O=[N+]([O-])c1ccc(OC2CCOCC2)c(Br)n1. The molecule has 1 aliphatic rings. The summed E-state index contributed by atoms with van der Waals surface area (Å²) < 4.78 is 11.3. The summed E-state index contributed by atoms with van der Waals surface area (Å²) in [6.45, 7) is 1.37. The zero-order chi connectivity index (χ0) is 12.3. The Labute approximate surface area is 106 Å². The second-order valence-electron chi connectivity index (χ2n) is 3.65. The molecule has 2 rings (SSSR count). The van der Waals surface area contributed by atoms with E-state index in [1.54, 1.807) is 6.07 Å². The molecular weight excluding hydrogens is 292 g/mol. The van der Waals surface area contributed by atoms with E-state index in [0.717, 1.165) is 12.8 Å². The Balaban J connectivity index is 2.08. The van der Waals surface area contributed by atoms with Crippen LogP contribution in [0.3, 0.4) is 0 Å². The van der Waals surface area contributed by atoms with Gasteiger partial charge in [-0.05, 0) is 16.0 Å². The first-order valence-electron chi connectivity index (χ1n) is 5.22. The first-order chi connectivity index (χ1) is 8.16. The van der Waals surface area contributed by atoms with Crippen molar-refractivity contribution < 1.29 is 14.4 Å². The van der Waals surface area contributed by atoms with Crippen molar-refractivity contribution in [2.45, 2.75) is 18.9 Å². The summed E-state index contributed by atoms with van der Waals surface area (Å²) in [5.74, 6) is 0.332. The number of nitrogens with zero attached hydrogens (tertiary/aromatic N) is 2. The smallest absolute Gasteiger partial charge is 0.364 e. The summed E-state index contributed by atoms with van der Waals surface area (Å²) in [5, 5.41) is 10.5. The van der Waals surface area contributed by atoms with Crippen molar-refractivity contribution in [3.05, 3.63) is 26.9 Å². The van der Waals surface area contributed by atoms with E-state index in [4.69, 9.17) is 9.47 Å². The Morgan fingerprint density at radius 2 is 2.18 bits per heavy atom. The lowest BCUT2D eigenvalue weighted by molar-refractivity contribution is -0.389. The summed E-state index contributed by atoms with van der Waals surface area (Å²) in [4.78, 5) is 13.8. The van der Waals surface area contributed by atoms with Gasteiger partial charge in [0.1, 0.15) is 6.10 Å². The second kappa shape index (κ2) is 5.42. The monoisotopic (exact) mass is 302 g/mol. The fourth-order valence-electron chi connectivity index (χ4n) is 1.57. The van der Waals surface area contributed by atoms with Gasteiger partial charge in [-0.25, -0.2) is 0 Å². The molecule has 0 radical (unpaired) electrons. The van der Waals surface area contributed by atoms with E-state index >= 15 is 0 Å². The molecule has 7 heteroatoms. The lowest BCUT2D eigenvalue weighted by Crippen LogP contribution is -2.26. The predicted octanol–water partition coefficient (Wildman–Crippen LogP) is 2.31. The molecule has 92 valence electrons.